The van der Waals surface area contributed by atoms with Gasteiger partial charge in [0.1, 0.15) is 29.6 Å². The van der Waals surface area contributed by atoms with Gasteiger partial charge in [0.2, 0.25) is 5.28 Å². The minimum atomic E-state index is -4.63. The number of rotatable bonds is 14. The van der Waals surface area contributed by atoms with Crippen LogP contribution in [0.15, 0.2) is 60.9 Å². The zero-order chi connectivity index (χ0) is 40.6. The monoisotopic (exact) mass is 957 g/mol. The van der Waals surface area contributed by atoms with Crippen molar-refractivity contribution in [2.24, 2.45) is 0 Å². The van der Waals surface area contributed by atoms with Gasteiger partial charge in [-0.3, -0.25) is 9.09 Å². The fourth-order valence-corrected chi connectivity index (χ4v) is 12.0. The molecule has 0 spiro atoms. The molecule has 1 N–H and O–H groups in total. The standard InChI is InChI=1S/C35H32Cl7N5O8P2/c1-46(19-4-2-3-5-19)33-32-34(45-35(42)44-33)47(17-43-32)31-15-29(48)30(52-31)16-51-56(49,53-20-6-9-23(36)26(39)12-20)18-57(50,54-21-7-10-24(37)27(40)13-21)55-22-8-11-25(38)28(41)14-22/h6-14,17,19,29-31,48H,2-5,15-16,18H2,1H3/t29-,30+,31+,56?/m0/s1. The van der Waals surface area contributed by atoms with Gasteiger partial charge in [-0.15, -0.1) is 0 Å². The van der Waals surface area contributed by atoms with Crippen molar-refractivity contribution in [3.63, 3.8) is 0 Å². The molecule has 1 saturated heterocycles. The van der Waals surface area contributed by atoms with E-state index in [0.717, 1.165) is 25.7 Å². The maximum absolute atomic E-state index is 14.9. The lowest BCUT2D eigenvalue weighted by Gasteiger charge is -2.26. The van der Waals surface area contributed by atoms with E-state index in [0.29, 0.717) is 17.0 Å². The number of anilines is 1. The molecule has 1 unspecified atom stereocenters. The minimum Gasteiger partial charge on any atom is -0.424 e. The van der Waals surface area contributed by atoms with Crippen LogP contribution in [0.25, 0.3) is 11.2 Å². The van der Waals surface area contributed by atoms with Crippen molar-refractivity contribution >= 4 is 113 Å². The Morgan fingerprint density at radius 3 is 1.84 bits per heavy atom. The Hall–Kier alpha value is -2.22. The Morgan fingerprint density at radius 1 is 0.789 bits per heavy atom. The molecule has 2 aromatic heterocycles. The fourth-order valence-electron chi connectivity index (χ4n) is 6.49. The number of benzene rings is 3. The molecule has 5 aromatic rings. The van der Waals surface area contributed by atoms with Crippen molar-refractivity contribution in [3.8, 4) is 17.2 Å². The number of aliphatic hydroxyl groups excluding tert-OH is 1. The van der Waals surface area contributed by atoms with Crippen LogP contribution in [-0.2, 0) is 18.4 Å². The van der Waals surface area contributed by atoms with Crippen molar-refractivity contribution in [3.05, 3.63) is 96.3 Å². The third kappa shape index (κ3) is 10.1. The predicted octanol–water partition coefficient (Wildman–Crippen LogP) is 12.0. The first-order valence-corrected chi connectivity index (χ1v) is 23.4. The third-order valence-corrected chi connectivity index (χ3v) is 16.5. The van der Waals surface area contributed by atoms with Crippen LogP contribution in [0.4, 0.5) is 5.82 Å². The van der Waals surface area contributed by atoms with E-state index in [2.05, 4.69) is 19.9 Å². The summed E-state index contributed by atoms with van der Waals surface area (Å²) in [4.78, 5) is 15.6. The molecule has 304 valence electrons. The third-order valence-electron chi connectivity index (χ3n) is 9.29. The van der Waals surface area contributed by atoms with Crippen molar-refractivity contribution in [1.82, 2.24) is 19.5 Å². The maximum atomic E-state index is 14.9. The SMILES string of the molecule is CN(c1nc(Cl)nc2c1ncn2[C@H]1C[C@H](O)[C@@H](COP(=O)(CP(=O)(Oc2ccc(Cl)c(Cl)c2)Oc2ccc(Cl)c(Cl)c2)Oc2ccc(Cl)c(Cl)c2)O1)C1CCCC1. The highest BCUT2D eigenvalue weighted by atomic mass is 35.5. The molecular weight excluding hydrogens is 929 g/mol. The summed E-state index contributed by atoms with van der Waals surface area (Å²) >= 11 is 43.4. The van der Waals surface area contributed by atoms with Crippen molar-refractivity contribution in [2.45, 2.75) is 56.6 Å². The first kappa shape index (κ1) is 42.9. The predicted molar refractivity (Wildman–Crippen MR) is 223 cm³/mol. The second kappa shape index (κ2) is 17.8. The van der Waals surface area contributed by atoms with Crippen molar-refractivity contribution < 1.29 is 37.1 Å². The Bertz CT molecular complexity index is 2330. The molecule has 7 rings (SSSR count). The molecule has 0 radical (unpaired) electrons. The van der Waals surface area contributed by atoms with Crippen LogP contribution in [0.3, 0.4) is 0 Å². The highest BCUT2D eigenvalue weighted by Crippen LogP contribution is 2.64. The number of halogens is 7. The normalized spacial score (nSPS) is 19.8. The molecule has 1 aliphatic carbocycles. The summed E-state index contributed by atoms with van der Waals surface area (Å²) < 4.78 is 61.2. The number of aliphatic hydroxyl groups is 1. The molecule has 4 atom stereocenters. The molecule has 1 saturated carbocycles. The van der Waals surface area contributed by atoms with Gasteiger partial charge in [-0.2, -0.15) is 9.97 Å². The van der Waals surface area contributed by atoms with E-state index in [9.17, 15) is 14.2 Å². The van der Waals surface area contributed by atoms with Crippen LogP contribution in [0.5, 0.6) is 17.2 Å². The molecule has 2 fully saturated rings. The first-order valence-electron chi connectivity index (χ1n) is 17.3. The Kier molecular flexibility index (Phi) is 13.4. The molecule has 0 amide bonds. The topological polar surface area (TPSA) is 147 Å². The van der Waals surface area contributed by atoms with Crippen molar-refractivity contribution in [2.75, 3.05) is 24.5 Å². The van der Waals surface area contributed by atoms with Crippen LogP contribution in [0, 0.1) is 0 Å². The van der Waals surface area contributed by atoms with Gasteiger partial charge < -0.3 is 28.3 Å². The smallest absolute Gasteiger partial charge is 0.424 e. The Labute approximate surface area is 362 Å². The Morgan fingerprint density at radius 2 is 1.32 bits per heavy atom. The largest absolute Gasteiger partial charge is 0.444 e. The fraction of sp³-hybridized carbons (Fsp3) is 0.343. The lowest BCUT2D eigenvalue weighted by molar-refractivity contribution is -0.0392. The highest BCUT2D eigenvalue weighted by molar-refractivity contribution is 7.72. The number of hydrogen-bond acceptors (Lipinski definition) is 12. The average molecular weight is 961 g/mol. The number of nitrogens with zero attached hydrogens (tertiary/aromatic N) is 5. The van der Waals surface area contributed by atoms with Gasteiger partial charge in [0.05, 0.1) is 49.2 Å². The molecule has 57 heavy (non-hydrogen) atoms. The molecule has 22 heteroatoms. The number of ether oxygens (including phenoxy) is 1. The first-order chi connectivity index (χ1) is 27.1. The van der Waals surface area contributed by atoms with E-state index in [1.54, 1.807) is 4.57 Å². The molecule has 2 aliphatic rings. The van der Waals surface area contributed by atoms with Gasteiger partial charge in [-0.1, -0.05) is 82.4 Å². The molecule has 13 nitrogen and oxygen atoms in total. The van der Waals surface area contributed by atoms with Gasteiger partial charge in [-0.25, -0.2) is 14.1 Å². The van der Waals surface area contributed by atoms with Crippen LogP contribution >= 0.6 is 96.4 Å². The molecule has 1 aliphatic heterocycles. The number of fused-ring (bicyclic) bond motifs is 1. The van der Waals surface area contributed by atoms with Gasteiger partial charge in [0.15, 0.2) is 22.9 Å². The summed E-state index contributed by atoms with van der Waals surface area (Å²) in [6.45, 7) is -0.506. The molecule has 0 bridgehead atoms. The highest BCUT2D eigenvalue weighted by Gasteiger charge is 2.45. The zero-order valence-corrected chi connectivity index (χ0v) is 36.7. The molecule has 3 aromatic carbocycles. The molecular formula is C35H32Cl7N5O8P2. The summed E-state index contributed by atoms with van der Waals surface area (Å²) in [6.07, 6.45) is 2.93. The second-order valence-corrected chi connectivity index (χ2v) is 20.4. The maximum Gasteiger partial charge on any atom is 0.444 e. The quantitative estimate of drug-likeness (QED) is 0.0834. The summed E-state index contributed by atoms with van der Waals surface area (Å²) in [5, 5.41) is 12.1. The van der Waals surface area contributed by atoms with E-state index in [1.165, 1.54) is 60.9 Å². The van der Waals surface area contributed by atoms with Crippen LogP contribution in [-0.4, -0.2) is 62.4 Å². The summed E-state index contributed by atoms with van der Waals surface area (Å²) in [5.41, 5.74) is 0.924. The van der Waals surface area contributed by atoms with Gasteiger partial charge in [-0.05, 0) is 60.8 Å². The lowest BCUT2D eigenvalue weighted by atomic mass is 10.2. The number of hydrogen-bond donors (Lipinski definition) is 1. The van der Waals surface area contributed by atoms with Gasteiger partial charge in [0.25, 0.3) is 0 Å². The Balaban J connectivity index is 1.16. The lowest BCUT2D eigenvalue weighted by Crippen LogP contribution is -2.30. The van der Waals surface area contributed by atoms with Crippen LogP contribution < -0.4 is 18.5 Å². The summed E-state index contributed by atoms with van der Waals surface area (Å²) in [7, 11) is -7.29. The number of imidazole rings is 1. The van der Waals surface area contributed by atoms with E-state index in [4.69, 9.17) is 104 Å². The molecule has 3 heterocycles. The van der Waals surface area contributed by atoms with Gasteiger partial charge >= 0.3 is 15.2 Å². The van der Waals surface area contributed by atoms with Gasteiger partial charge in [0, 0.05) is 37.7 Å². The summed E-state index contributed by atoms with van der Waals surface area (Å²) in [5.74, 6) is -0.522. The van der Waals surface area contributed by atoms with Crippen LogP contribution in [0.2, 0.25) is 35.4 Å². The van der Waals surface area contributed by atoms with E-state index < -0.39 is 46.1 Å². The summed E-state index contributed by atoms with van der Waals surface area (Å²) in [6, 6.07) is 12.6. The minimum absolute atomic E-state index is 0.0264. The van der Waals surface area contributed by atoms with E-state index in [1.807, 2.05) is 7.05 Å². The van der Waals surface area contributed by atoms with E-state index >= 15 is 0 Å². The van der Waals surface area contributed by atoms with Crippen molar-refractivity contribution in [1.29, 1.82) is 0 Å². The second-order valence-electron chi connectivity index (χ2n) is 13.3. The van der Waals surface area contributed by atoms with Crippen LogP contribution in [0.1, 0.15) is 38.3 Å². The zero-order valence-electron chi connectivity index (χ0n) is 29.6. The van der Waals surface area contributed by atoms with E-state index in [-0.39, 0.29) is 65.1 Å². The number of aromatic nitrogens is 4. The average Bonchev–Trinajstić information content (AvgIpc) is 3.92.